The zero-order valence-electron chi connectivity index (χ0n) is 13.0. The molecule has 2 aliphatic rings. The van der Waals surface area contributed by atoms with Crippen molar-refractivity contribution in [1.82, 2.24) is 9.80 Å². The maximum absolute atomic E-state index is 12.6. The topological polar surface area (TPSA) is 66.6 Å². The summed E-state index contributed by atoms with van der Waals surface area (Å²) in [5, 5.41) is 0. The van der Waals surface area contributed by atoms with Crippen molar-refractivity contribution in [2.24, 2.45) is 17.1 Å². The summed E-state index contributed by atoms with van der Waals surface area (Å²) < 4.78 is 0. The second-order valence-corrected chi connectivity index (χ2v) is 7.72. The summed E-state index contributed by atoms with van der Waals surface area (Å²) in [6, 6.07) is -0.289. The fraction of sp³-hybridized carbons (Fsp3) is 0.857. The van der Waals surface area contributed by atoms with Gasteiger partial charge in [-0.15, -0.1) is 24.2 Å². The highest BCUT2D eigenvalue weighted by Crippen LogP contribution is 2.29. The molecule has 2 rings (SSSR count). The molecule has 7 heteroatoms. The first kappa shape index (κ1) is 18.6. The quantitative estimate of drug-likeness (QED) is 0.822. The van der Waals surface area contributed by atoms with Crippen molar-refractivity contribution in [1.29, 1.82) is 0 Å². The Morgan fingerprint density at radius 3 is 2.52 bits per heavy atom. The lowest BCUT2D eigenvalue weighted by atomic mass is 9.94. The number of nitrogens with zero attached hydrogens (tertiary/aromatic N) is 2. The molecule has 0 radical (unpaired) electrons. The van der Waals surface area contributed by atoms with E-state index in [1.807, 2.05) is 25.7 Å². The van der Waals surface area contributed by atoms with Gasteiger partial charge in [0.15, 0.2) is 0 Å². The SMILES string of the molecule is CC(C)(C)C(=O)N1CSCC1C(=O)N1CCC(CN)C1.Cl. The van der Waals surface area contributed by atoms with E-state index < -0.39 is 5.41 Å². The lowest BCUT2D eigenvalue weighted by Gasteiger charge is -2.31. The number of carbonyl (C=O) groups is 2. The Bertz CT molecular complexity index is 400. The van der Waals surface area contributed by atoms with Gasteiger partial charge >= 0.3 is 0 Å². The maximum atomic E-state index is 12.6. The van der Waals surface area contributed by atoms with E-state index in [4.69, 9.17) is 5.73 Å². The monoisotopic (exact) mass is 335 g/mol. The molecule has 0 aliphatic carbocycles. The van der Waals surface area contributed by atoms with Gasteiger partial charge in [0, 0.05) is 24.3 Å². The van der Waals surface area contributed by atoms with Crippen molar-refractivity contribution < 1.29 is 9.59 Å². The van der Waals surface area contributed by atoms with Gasteiger partial charge in [-0.25, -0.2) is 0 Å². The van der Waals surface area contributed by atoms with Crippen LogP contribution in [-0.2, 0) is 9.59 Å². The fourth-order valence-electron chi connectivity index (χ4n) is 2.71. The van der Waals surface area contributed by atoms with E-state index >= 15 is 0 Å². The largest absolute Gasteiger partial charge is 0.341 e. The van der Waals surface area contributed by atoms with Crippen LogP contribution in [0.25, 0.3) is 0 Å². The zero-order chi connectivity index (χ0) is 14.9. The molecule has 0 aromatic rings. The Balaban J connectivity index is 0.00000220. The lowest BCUT2D eigenvalue weighted by Crippen LogP contribution is -2.51. The highest BCUT2D eigenvalue weighted by molar-refractivity contribution is 7.99. The predicted molar refractivity (Wildman–Crippen MR) is 88.4 cm³/mol. The minimum Gasteiger partial charge on any atom is -0.341 e. The number of nitrogens with two attached hydrogens (primary N) is 1. The average Bonchev–Trinajstić information content (AvgIpc) is 3.04. The standard InChI is InChI=1S/C14H25N3O2S.ClH/c1-14(2,3)13(19)17-9-20-8-11(17)12(18)16-5-4-10(6-15)7-16;/h10-11H,4-9,15H2,1-3H3;1H. The molecule has 0 bridgehead atoms. The van der Waals surface area contributed by atoms with Gasteiger partial charge in [-0.1, -0.05) is 20.8 Å². The van der Waals surface area contributed by atoms with Crippen molar-refractivity contribution in [3.8, 4) is 0 Å². The highest BCUT2D eigenvalue weighted by atomic mass is 35.5. The van der Waals surface area contributed by atoms with Crippen molar-refractivity contribution in [3.63, 3.8) is 0 Å². The van der Waals surface area contributed by atoms with Crippen LogP contribution in [0.1, 0.15) is 27.2 Å². The smallest absolute Gasteiger partial charge is 0.246 e. The van der Waals surface area contributed by atoms with Gasteiger partial charge in [-0.3, -0.25) is 9.59 Å². The minimum atomic E-state index is -0.436. The maximum Gasteiger partial charge on any atom is 0.246 e. The molecule has 2 saturated heterocycles. The van der Waals surface area contributed by atoms with Crippen LogP contribution in [0, 0.1) is 11.3 Å². The predicted octanol–water partition coefficient (Wildman–Crippen LogP) is 1.16. The van der Waals surface area contributed by atoms with Crippen LogP contribution in [0.5, 0.6) is 0 Å². The Morgan fingerprint density at radius 1 is 1.33 bits per heavy atom. The first-order chi connectivity index (χ1) is 9.34. The summed E-state index contributed by atoms with van der Waals surface area (Å²) in [6.45, 7) is 7.86. The number of thioether (sulfide) groups is 1. The number of hydrogen-bond donors (Lipinski definition) is 1. The van der Waals surface area contributed by atoms with E-state index in [0.29, 0.717) is 24.1 Å². The van der Waals surface area contributed by atoms with E-state index in [0.717, 1.165) is 19.5 Å². The van der Waals surface area contributed by atoms with E-state index in [-0.39, 0.29) is 30.3 Å². The molecule has 2 amide bonds. The Kier molecular flexibility index (Phi) is 6.37. The third kappa shape index (κ3) is 4.05. The number of amides is 2. The summed E-state index contributed by atoms with van der Waals surface area (Å²) in [5.74, 6) is 1.92. The molecule has 2 heterocycles. The molecule has 21 heavy (non-hydrogen) atoms. The number of carbonyl (C=O) groups excluding carboxylic acids is 2. The molecule has 2 fully saturated rings. The molecule has 2 atom stereocenters. The van der Waals surface area contributed by atoms with Crippen LogP contribution in [0.2, 0.25) is 0 Å². The van der Waals surface area contributed by atoms with Gasteiger partial charge in [-0.2, -0.15) is 0 Å². The molecule has 2 unspecified atom stereocenters. The van der Waals surface area contributed by atoms with Gasteiger partial charge in [0.25, 0.3) is 0 Å². The van der Waals surface area contributed by atoms with Gasteiger partial charge in [0.1, 0.15) is 6.04 Å². The summed E-state index contributed by atoms with van der Waals surface area (Å²) in [5.41, 5.74) is 5.24. The number of hydrogen-bond acceptors (Lipinski definition) is 4. The second-order valence-electron chi connectivity index (χ2n) is 6.72. The van der Waals surface area contributed by atoms with Crippen LogP contribution in [0.15, 0.2) is 0 Å². The van der Waals surface area contributed by atoms with Crippen molar-refractivity contribution in [3.05, 3.63) is 0 Å². The minimum absolute atomic E-state index is 0. The molecular formula is C14H26ClN3O2S. The molecule has 2 N–H and O–H groups in total. The van der Waals surface area contributed by atoms with Crippen LogP contribution < -0.4 is 5.73 Å². The van der Waals surface area contributed by atoms with E-state index in [1.165, 1.54) is 0 Å². The van der Waals surface area contributed by atoms with E-state index in [1.54, 1.807) is 16.7 Å². The van der Waals surface area contributed by atoms with Crippen LogP contribution in [0.3, 0.4) is 0 Å². The first-order valence-corrected chi connectivity index (χ1v) is 8.37. The molecule has 0 spiro atoms. The van der Waals surface area contributed by atoms with Crippen LogP contribution >= 0.6 is 24.2 Å². The number of rotatable bonds is 2. The fourth-order valence-corrected chi connectivity index (χ4v) is 3.86. The zero-order valence-corrected chi connectivity index (χ0v) is 14.6. The van der Waals surface area contributed by atoms with E-state index in [2.05, 4.69) is 0 Å². The molecule has 122 valence electrons. The van der Waals surface area contributed by atoms with Gasteiger partial charge in [0.05, 0.1) is 5.88 Å². The highest BCUT2D eigenvalue weighted by Gasteiger charge is 2.41. The third-order valence-corrected chi connectivity index (χ3v) is 5.01. The summed E-state index contributed by atoms with van der Waals surface area (Å²) in [4.78, 5) is 28.7. The molecule has 0 aromatic carbocycles. The second kappa shape index (κ2) is 7.20. The van der Waals surface area contributed by atoms with Crippen LogP contribution in [-0.4, -0.2) is 58.9 Å². The number of halogens is 1. The molecule has 2 aliphatic heterocycles. The number of likely N-dealkylation sites (tertiary alicyclic amines) is 1. The molecule has 5 nitrogen and oxygen atoms in total. The Morgan fingerprint density at radius 2 is 2.00 bits per heavy atom. The summed E-state index contributed by atoms with van der Waals surface area (Å²) >= 11 is 1.66. The molecule has 0 saturated carbocycles. The van der Waals surface area contributed by atoms with Crippen molar-refractivity contribution in [2.45, 2.75) is 33.2 Å². The Labute approximate surface area is 137 Å². The van der Waals surface area contributed by atoms with Gasteiger partial charge in [-0.05, 0) is 18.9 Å². The summed E-state index contributed by atoms with van der Waals surface area (Å²) in [6.07, 6.45) is 0.981. The van der Waals surface area contributed by atoms with Crippen molar-refractivity contribution >= 4 is 36.0 Å². The lowest BCUT2D eigenvalue weighted by molar-refractivity contribution is -0.147. The summed E-state index contributed by atoms with van der Waals surface area (Å²) in [7, 11) is 0. The van der Waals surface area contributed by atoms with E-state index in [9.17, 15) is 9.59 Å². The molecule has 0 aromatic heterocycles. The molecular weight excluding hydrogens is 310 g/mol. The normalized spacial score (nSPS) is 25.9. The van der Waals surface area contributed by atoms with Gasteiger partial charge in [0.2, 0.25) is 11.8 Å². The van der Waals surface area contributed by atoms with Gasteiger partial charge < -0.3 is 15.5 Å². The van der Waals surface area contributed by atoms with Crippen molar-refractivity contribution in [2.75, 3.05) is 31.3 Å². The Hall–Kier alpha value is -0.460. The average molecular weight is 336 g/mol. The van der Waals surface area contributed by atoms with Crippen LogP contribution in [0.4, 0.5) is 0 Å². The first-order valence-electron chi connectivity index (χ1n) is 7.22. The third-order valence-electron chi connectivity index (χ3n) is 4.00.